The van der Waals surface area contributed by atoms with Crippen LogP contribution < -0.4 is 0 Å². The molecule has 2 amide bonds. The van der Waals surface area contributed by atoms with E-state index >= 15 is 0 Å². The number of methoxy groups -OCH3 is 1. The van der Waals surface area contributed by atoms with Gasteiger partial charge in [0.1, 0.15) is 0 Å². The van der Waals surface area contributed by atoms with Gasteiger partial charge in [-0.25, -0.2) is 4.79 Å². The van der Waals surface area contributed by atoms with Crippen LogP contribution in [0.2, 0.25) is 0 Å². The van der Waals surface area contributed by atoms with Crippen molar-refractivity contribution in [2.24, 2.45) is 5.92 Å². The van der Waals surface area contributed by atoms with Gasteiger partial charge in [0.2, 0.25) is 5.91 Å². The Morgan fingerprint density at radius 1 is 1.00 bits per heavy atom. The third kappa shape index (κ3) is 3.07. The lowest BCUT2D eigenvalue weighted by Gasteiger charge is -2.42. The highest BCUT2D eigenvalue weighted by Gasteiger charge is 2.35. The molecule has 5 heteroatoms. The van der Waals surface area contributed by atoms with Gasteiger partial charge in [-0.15, -0.1) is 0 Å². The smallest absolute Gasteiger partial charge is 0.409 e. The first kappa shape index (κ1) is 15.1. The lowest BCUT2D eigenvalue weighted by molar-refractivity contribution is -0.143. The molecule has 20 heavy (non-hydrogen) atoms. The molecule has 0 aromatic rings. The zero-order valence-electron chi connectivity index (χ0n) is 12.8. The van der Waals surface area contributed by atoms with Crippen LogP contribution in [0.5, 0.6) is 0 Å². The van der Waals surface area contributed by atoms with E-state index < -0.39 is 0 Å². The minimum absolute atomic E-state index is 0.0684. The number of ether oxygens (including phenoxy) is 1. The third-order valence-electron chi connectivity index (χ3n) is 4.73. The molecular formula is C15H26N2O3. The molecule has 2 aliphatic rings. The zero-order valence-corrected chi connectivity index (χ0v) is 12.8. The Kier molecular flexibility index (Phi) is 4.89. The molecule has 5 nitrogen and oxygen atoms in total. The molecular weight excluding hydrogens is 256 g/mol. The largest absolute Gasteiger partial charge is 0.453 e. The number of rotatable bonds is 1. The second kappa shape index (κ2) is 6.46. The maximum atomic E-state index is 12.7. The lowest BCUT2D eigenvalue weighted by Crippen LogP contribution is -2.52. The summed E-state index contributed by atoms with van der Waals surface area (Å²) >= 11 is 0. The van der Waals surface area contributed by atoms with Crippen molar-refractivity contribution in [2.45, 2.75) is 58.0 Å². The number of amides is 2. The summed E-state index contributed by atoms with van der Waals surface area (Å²) in [6, 6.07) is 0.703. The van der Waals surface area contributed by atoms with Gasteiger partial charge in [-0.3, -0.25) is 4.79 Å². The van der Waals surface area contributed by atoms with Gasteiger partial charge in [-0.1, -0.05) is 0 Å². The Morgan fingerprint density at radius 3 is 2.05 bits per heavy atom. The van der Waals surface area contributed by atoms with Gasteiger partial charge in [-0.05, 0) is 46.0 Å². The molecule has 2 atom stereocenters. The molecule has 0 N–H and O–H groups in total. The van der Waals surface area contributed by atoms with E-state index in [-0.39, 0.29) is 17.9 Å². The Labute approximate surface area is 121 Å². The highest BCUT2D eigenvalue weighted by atomic mass is 16.5. The Balaban J connectivity index is 1.92. The molecule has 2 unspecified atom stereocenters. The molecule has 2 fully saturated rings. The van der Waals surface area contributed by atoms with Crippen LogP contribution in [0.3, 0.4) is 0 Å². The van der Waals surface area contributed by atoms with Gasteiger partial charge >= 0.3 is 6.09 Å². The average molecular weight is 282 g/mol. The van der Waals surface area contributed by atoms with E-state index in [0.29, 0.717) is 25.2 Å². The van der Waals surface area contributed by atoms with E-state index in [2.05, 4.69) is 18.7 Å². The van der Waals surface area contributed by atoms with Crippen molar-refractivity contribution in [3.05, 3.63) is 0 Å². The fraction of sp³-hybridized carbons (Fsp3) is 0.867. The van der Waals surface area contributed by atoms with E-state index in [1.54, 1.807) is 4.90 Å². The quantitative estimate of drug-likeness (QED) is 0.741. The summed E-state index contributed by atoms with van der Waals surface area (Å²) in [6.45, 7) is 5.55. The molecule has 114 valence electrons. The topological polar surface area (TPSA) is 49.9 Å². The van der Waals surface area contributed by atoms with Crippen LogP contribution >= 0.6 is 0 Å². The van der Waals surface area contributed by atoms with Gasteiger partial charge in [0.15, 0.2) is 0 Å². The highest BCUT2D eigenvalue weighted by Crippen LogP contribution is 2.28. The third-order valence-corrected chi connectivity index (χ3v) is 4.73. The number of likely N-dealkylation sites (tertiary alicyclic amines) is 2. The first-order valence-electron chi connectivity index (χ1n) is 7.69. The van der Waals surface area contributed by atoms with Crippen LogP contribution in [0.1, 0.15) is 46.0 Å². The molecule has 0 aromatic carbocycles. The van der Waals surface area contributed by atoms with Crippen LogP contribution in [-0.4, -0.2) is 54.1 Å². The van der Waals surface area contributed by atoms with Gasteiger partial charge in [0.05, 0.1) is 7.11 Å². The van der Waals surface area contributed by atoms with Crippen molar-refractivity contribution in [1.29, 1.82) is 0 Å². The fourth-order valence-electron chi connectivity index (χ4n) is 3.50. The minimum Gasteiger partial charge on any atom is -0.453 e. The van der Waals surface area contributed by atoms with Crippen LogP contribution in [0.25, 0.3) is 0 Å². The SMILES string of the molecule is COC(=O)N1CCC(C(=O)N2C(C)CCCC2C)CC1. The molecule has 2 saturated heterocycles. The highest BCUT2D eigenvalue weighted by molar-refractivity contribution is 5.80. The maximum absolute atomic E-state index is 12.7. The summed E-state index contributed by atoms with van der Waals surface area (Å²) in [7, 11) is 1.40. The van der Waals surface area contributed by atoms with Gasteiger partial charge in [0.25, 0.3) is 0 Å². The molecule has 0 bridgehead atoms. The van der Waals surface area contributed by atoms with Gasteiger partial charge < -0.3 is 14.5 Å². The summed E-state index contributed by atoms with van der Waals surface area (Å²) < 4.78 is 4.73. The van der Waals surface area contributed by atoms with Crippen molar-refractivity contribution in [3.63, 3.8) is 0 Å². The monoisotopic (exact) mass is 282 g/mol. The standard InChI is InChI=1S/C15H26N2O3/c1-11-5-4-6-12(2)17(11)14(18)13-7-9-16(10-8-13)15(19)20-3/h11-13H,4-10H2,1-3H3. The van der Waals surface area contributed by atoms with E-state index in [9.17, 15) is 9.59 Å². The second-order valence-electron chi connectivity index (χ2n) is 6.11. The first-order valence-corrected chi connectivity index (χ1v) is 7.69. The van der Waals surface area contributed by atoms with Gasteiger partial charge in [-0.2, -0.15) is 0 Å². The predicted molar refractivity (Wildman–Crippen MR) is 76.3 cm³/mol. The van der Waals surface area contributed by atoms with Gasteiger partial charge in [0, 0.05) is 31.1 Å². The molecule has 2 aliphatic heterocycles. The Morgan fingerprint density at radius 2 is 1.55 bits per heavy atom. The maximum Gasteiger partial charge on any atom is 0.409 e. The van der Waals surface area contributed by atoms with Crippen molar-refractivity contribution in [2.75, 3.05) is 20.2 Å². The van der Waals surface area contributed by atoms with Crippen molar-refractivity contribution >= 4 is 12.0 Å². The summed E-state index contributed by atoms with van der Waals surface area (Å²) in [5, 5.41) is 0. The molecule has 0 aliphatic carbocycles. The molecule has 0 spiro atoms. The van der Waals surface area contributed by atoms with E-state index in [1.165, 1.54) is 13.5 Å². The molecule has 0 saturated carbocycles. The summed E-state index contributed by atoms with van der Waals surface area (Å²) in [4.78, 5) is 27.9. The molecule has 2 rings (SSSR count). The number of carbonyl (C=O) groups excluding carboxylic acids is 2. The van der Waals surface area contributed by atoms with E-state index in [0.717, 1.165) is 25.7 Å². The predicted octanol–water partition coefficient (Wildman–Crippen LogP) is 2.25. The second-order valence-corrected chi connectivity index (χ2v) is 6.11. The van der Waals surface area contributed by atoms with Crippen molar-refractivity contribution in [1.82, 2.24) is 9.80 Å². The van der Waals surface area contributed by atoms with Crippen LogP contribution in [0, 0.1) is 5.92 Å². The summed E-state index contributed by atoms with van der Waals surface area (Å²) in [5.41, 5.74) is 0. The zero-order chi connectivity index (χ0) is 14.7. The number of hydrogen-bond acceptors (Lipinski definition) is 3. The first-order chi connectivity index (χ1) is 9.54. The number of piperidine rings is 2. The normalized spacial score (nSPS) is 28.4. The van der Waals surface area contributed by atoms with E-state index in [4.69, 9.17) is 4.74 Å². The van der Waals surface area contributed by atoms with Crippen molar-refractivity contribution < 1.29 is 14.3 Å². The number of carbonyl (C=O) groups is 2. The Bertz CT molecular complexity index is 354. The molecule has 0 aromatic heterocycles. The Hall–Kier alpha value is -1.26. The molecule has 0 radical (unpaired) electrons. The van der Waals surface area contributed by atoms with E-state index in [1.807, 2.05) is 0 Å². The van der Waals surface area contributed by atoms with Crippen LogP contribution in [0.4, 0.5) is 4.79 Å². The van der Waals surface area contributed by atoms with Crippen LogP contribution in [-0.2, 0) is 9.53 Å². The minimum atomic E-state index is -0.282. The number of hydrogen-bond donors (Lipinski definition) is 0. The fourth-order valence-corrected chi connectivity index (χ4v) is 3.50. The lowest BCUT2D eigenvalue weighted by atomic mass is 9.91. The number of nitrogens with zero attached hydrogens (tertiary/aromatic N) is 2. The summed E-state index contributed by atoms with van der Waals surface area (Å²) in [5.74, 6) is 0.355. The van der Waals surface area contributed by atoms with Crippen molar-refractivity contribution in [3.8, 4) is 0 Å². The molecule has 2 heterocycles. The summed E-state index contributed by atoms with van der Waals surface area (Å²) in [6.07, 6.45) is 4.66. The average Bonchev–Trinajstić information content (AvgIpc) is 2.46. The van der Waals surface area contributed by atoms with Crippen LogP contribution in [0.15, 0.2) is 0 Å².